The van der Waals surface area contributed by atoms with Gasteiger partial charge in [-0.3, -0.25) is 8.37 Å². The minimum absolute atomic E-state index is 0.0549. The molecule has 12 heteroatoms. The zero-order chi connectivity index (χ0) is 20.5. The molecule has 28 heavy (non-hydrogen) atoms. The highest BCUT2D eigenvalue weighted by Crippen LogP contribution is 2.37. The summed E-state index contributed by atoms with van der Waals surface area (Å²) in [6, 6.07) is 8.99. The van der Waals surface area contributed by atoms with Gasteiger partial charge in [0.05, 0.1) is 19.1 Å². The lowest BCUT2D eigenvalue weighted by atomic mass is 9.98. The quantitative estimate of drug-likeness (QED) is 0.567. The first kappa shape index (κ1) is 21.6. The third-order valence-corrected chi connectivity index (χ3v) is 5.30. The van der Waals surface area contributed by atoms with E-state index in [1.807, 2.05) is 6.07 Å². The molecule has 0 aromatic heterocycles. The van der Waals surface area contributed by atoms with E-state index in [0.717, 1.165) is 12.5 Å². The van der Waals surface area contributed by atoms with Crippen LogP contribution in [0.15, 0.2) is 30.3 Å². The van der Waals surface area contributed by atoms with E-state index in [0.29, 0.717) is 5.56 Å². The van der Waals surface area contributed by atoms with Crippen molar-refractivity contribution in [2.24, 2.45) is 0 Å². The normalized spacial score (nSPS) is 34.0. The van der Waals surface area contributed by atoms with Crippen LogP contribution in [-0.4, -0.2) is 73.8 Å². The smallest absolute Gasteiger partial charge is 0.264 e. The van der Waals surface area contributed by atoms with E-state index in [1.165, 1.54) is 7.11 Å². The minimum Gasteiger partial charge on any atom is -0.353 e. The predicted octanol–water partition coefficient (Wildman–Crippen LogP) is 0.162. The number of benzene rings is 1. The maximum atomic E-state index is 11.8. The van der Waals surface area contributed by atoms with Gasteiger partial charge in [0.15, 0.2) is 18.7 Å². The number of ether oxygens (including phenoxy) is 4. The molecule has 0 spiro atoms. The zero-order valence-corrected chi connectivity index (χ0v) is 17.1. The first-order chi connectivity index (χ1) is 13.1. The van der Waals surface area contributed by atoms with Gasteiger partial charge < -0.3 is 18.9 Å². The number of hydrogen-bond donors (Lipinski definition) is 0. The van der Waals surface area contributed by atoms with Gasteiger partial charge >= 0.3 is 0 Å². The summed E-state index contributed by atoms with van der Waals surface area (Å²) < 4.78 is 79.7. The summed E-state index contributed by atoms with van der Waals surface area (Å²) in [6.07, 6.45) is -4.79. The van der Waals surface area contributed by atoms with Crippen molar-refractivity contribution in [3.05, 3.63) is 35.9 Å². The summed E-state index contributed by atoms with van der Waals surface area (Å²) in [6.45, 7) is 0.0549. The van der Waals surface area contributed by atoms with E-state index in [-0.39, 0.29) is 6.61 Å². The molecule has 0 bridgehead atoms. The SMILES string of the molecule is CO[C@@H]1O[C@@H]2COC(c3ccccc3)O[C@@H]2[C@H](OS(C)(=O)=O)[C@H]1OS(C)(=O)=O. The molecule has 2 aliphatic rings. The average molecular weight is 438 g/mol. The number of hydrogen-bond acceptors (Lipinski definition) is 10. The Morgan fingerprint density at radius 1 is 0.929 bits per heavy atom. The van der Waals surface area contributed by atoms with E-state index in [4.69, 9.17) is 27.3 Å². The van der Waals surface area contributed by atoms with Crippen LogP contribution in [0.3, 0.4) is 0 Å². The van der Waals surface area contributed by atoms with Gasteiger partial charge in [0, 0.05) is 12.7 Å². The Kier molecular flexibility index (Phi) is 6.41. The Bertz CT molecular complexity index is 870. The van der Waals surface area contributed by atoms with Gasteiger partial charge in [0.25, 0.3) is 20.2 Å². The third-order valence-electron chi connectivity index (χ3n) is 4.16. The Labute approximate surface area is 163 Å². The lowest BCUT2D eigenvalue weighted by Crippen LogP contribution is -2.64. The highest BCUT2D eigenvalue weighted by atomic mass is 32.2. The van der Waals surface area contributed by atoms with Crippen molar-refractivity contribution in [1.82, 2.24) is 0 Å². The first-order valence-electron chi connectivity index (χ1n) is 8.34. The van der Waals surface area contributed by atoms with E-state index >= 15 is 0 Å². The van der Waals surface area contributed by atoms with Crippen LogP contribution in [0.5, 0.6) is 0 Å². The number of rotatable bonds is 6. The second-order valence-corrected chi connectivity index (χ2v) is 9.69. The Hall–Kier alpha value is -1.12. The standard InChI is InChI=1S/C16H22O10S2/c1-21-16-14(26-28(3,19)20)13(25-27(2,17)18)12-11(23-16)9-22-15(24-12)10-7-5-4-6-8-10/h4-8,11-16H,9H2,1-3H3/t11-,12+,13+,14-,15?,16-/m1/s1. The van der Waals surface area contributed by atoms with Gasteiger partial charge in [-0.25, -0.2) is 0 Å². The first-order valence-corrected chi connectivity index (χ1v) is 12.0. The molecular formula is C16H22O10S2. The molecule has 158 valence electrons. The second kappa shape index (κ2) is 8.32. The zero-order valence-electron chi connectivity index (χ0n) is 15.5. The molecule has 3 rings (SSSR count). The van der Waals surface area contributed by atoms with Crippen LogP contribution in [0.4, 0.5) is 0 Å². The molecule has 1 unspecified atom stereocenters. The van der Waals surface area contributed by atoms with E-state index < -0.39 is 57.2 Å². The van der Waals surface area contributed by atoms with Crippen LogP contribution >= 0.6 is 0 Å². The Morgan fingerprint density at radius 3 is 2.11 bits per heavy atom. The lowest BCUT2D eigenvalue weighted by molar-refractivity contribution is -0.351. The fourth-order valence-corrected chi connectivity index (χ4v) is 4.36. The van der Waals surface area contributed by atoms with Crippen molar-refractivity contribution >= 4 is 20.2 Å². The van der Waals surface area contributed by atoms with Crippen LogP contribution in [0, 0.1) is 0 Å². The van der Waals surface area contributed by atoms with Crippen LogP contribution < -0.4 is 0 Å². The molecule has 2 fully saturated rings. The van der Waals surface area contributed by atoms with Crippen LogP contribution in [0.2, 0.25) is 0 Å². The van der Waals surface area contributed by atoms with Gasteiger partial charge in [-0.2, -0.15) is 16.8 Å². The monoisotopic (exact) mass is 438 g/mol. The maximum Gasteiger partial charge on any atom is 0.264 e. The molecule has 2 saturated heterocycles. The molecule has 0 radical (unpaired) electrons. The molecule has 1 aromatic carbocycles. The summed E-state index contributed by atoms with van der Waals surface area (Å²) >= 11 is 0. The highest BCUT2D eigenvalue weighted by Gasteiger charge is 2.54. The fraction of sp³-hybridized carbons (Fsp3) is 0.625. The number of fused-ring (bicyclic) bond motifs is 1. The Balaban J connectivity index is 1.93. The maximum absolute atomic E-state index is 11.8. The Morgan fingerprint density at radius 2 is 1.54 bits per heavy atom. The van der Waals surface area contributed by atoms with E-state index in [1.54, 1.807) is 24.3 Å². The summed E-state index contributed by atoms with van der Waals surface area (Å²) in [5.41, 5.74) is 0.702. The van der Waals surface area contributed by atoms with Crippen molar-refractivity contribution < 1.29 is 44.1 Å². The molecule has 6 atom stereocenters. The molecule has 0 amide bonds. The average Bonchev–Trinajstić information content (AvgIpc) is 2.61. The van der Waals surface area contributed by atoms with Crippen LogP contribution in [0.25, 0.3) is 0 Å². The lowest BCUT2D eigenvalue weighted by Gasteiger charge is -2.47. The summed E-state index contributed by atoms with van der Waals surface area (Å²) in [7, 11) is -6.69. The largest absolute Gasteiger partial charge is 0.353 e. The van der Waals surface area contributed by atoms with Crippen molar-refractivity contribution in [2.75, 3.05) is 26.2 Å². The molecule has 0 saturated carbocycles. The molecule has 0 aliphatic carbocycles. The topological polar surface area (TPSA) is 124 Å². The van der Waals surface area contributed by atoms with Crippen molar-refractivity contribution in [1.29, 1.82) is 0 Å². The molecule has 2 heterocycles. The summed E-state index contributed by atoms with van der Waals surface area (Å²) in [4.78, 5) is 0. The van der Waals surface area contributed by atoms with Gasteiger partial charge in [0.1, 0.15) is 18.3 Å². The van der Waals surface area contributed by atoms with Gasteiger partial charge in [-0.1, -0.05) is 30.3 Å². The van der Waals surface area contributed by atoms with Gasteiger partial charge in [-0.05, 0) is 0 Å². The third kappa shape index (κ3) is 5.27. The number of methoxy groups -OCH3 is 1. The van der Waals surface area contributed by atoms with Crippen molar-refractivity contribution in [3.8, 4) is 0 Å². The molecular weight excluding hydrogens is 416 g/mol. The van der Waals surface area contributed by atoms with E-state index in [2.05, 4.69) is 0 Å². The summed E-state index contributed by atoms with van der Waals surface area (Å²) in [5.74, 6) is 0. The second-order valence-electron chi connectivity index (χ2n) is 6.49. The van der Waals surface area contributed by atoms with Gasteiger partial charge in [0.2, 0.25) is 0 Å². The van der Waals surface area contributed by atoms with E-state index in [9.17, 15) is 16.8 Å². The molecule has 0 N–H and O–H groups in total. The van der Waals surface area contributed by atoms with Crippen molar-refractivity contribution in [2.45, 2.75) is 37.0 Å². The predicted molar refractivity (Wildman–Crippen MR) is 95.1 cm³/mol. The molecule has 10 nitrogen and oxygen atoms in total. The van der Waals surface area contributed by atoms with Crippen LogP contribution in [-0.2, 0) is 47.5 Å². The van der Waals surface area contributed by atoms with Crippen molar-refractivity contribution in [3.63, 3.8) is 0 Å². The van der Waals surface area contributed by atoms with Gasteiger partial charge in [-0.15, -0.1) is 0 Å². The fourth-order valence-electron chi connectivity index (χ4n) is 3.13. The van der Waals surface area contributed by atoms with Crippen LogP contribution in [0.1, 0.15) is 11.9 Å². The highest BCUT2D eigenvalue weighted by molar-refractivity contribution is 7.86. The molecule has 1 aromatic rings. The minimum atomic E-state index is -3.98. The summed E-state index contributed by atoms with van der Waals surface area (Å²) in [5, 5.41) is 0. The molecule has 2 aliphatic heterocycles.